The molecule has 0 aromatic carbocycles. The summed E-state index contributed by atoms with van der Waals surface area (Å²) in [5.74, 6) is 0.0204. The maximum atomic E-state index is 12.5. The number of halogens is 1. The standard InChI is InChI=1S/C15H21BrN2O2/c1-3-15(10-19)6-8-18(9-7-15)14(20)12-5-4-11(2)17-13(12)16/h4-5,19H,3,6-10H2,1-2H3. The average molecular weight is 341 g/mol. The summed E-state index contributed by atoms with van der Waals surface area (Å²) in [6.07, 6.45) is 2.69. The van der Waals surface area contributed by atoms with Gasteiger partial charge in [0.05, 0.1) is 5.56 Å². The van der Waals surface area contributed by atoms with Gasteiger partial charge >= 0.3 is 0 Å². The van der Waals surface area contributed by atoms with E-state index >= 15 is 0 Å². The molecule has 4 nitrogen and oxygen atoms in total. The van der Waals surface area contributed by atoms with E-state index in [-0.39, 0.29) is 17.9 Å². The lowest BCUT2D eigenvalue weighted by Gasteiger charge is -2.40. The van der Waals surface area contributed by atoms with Crippen LogP contribution in [0.3, 0.4) is 0 Å². The van der Waals surface area contributed by atoms with Crippen LogP contribution in [0.25, 0.3) is 0 Å². The molecule has 1 fully saturated rings. The zero-order valence-corrected chi connectivity index (χ0v) is 13.6. The van der Waals surface area contributed by atoms with Crippen LogP contribution in [0.5, 0.6) is 0 Å². The van der Waals surface area contributed by atoms with Crippen LogP contribution in [0.2, 0.25) is 0 Å². The predicted molar refractivity (Wildman–Crippen MR) is 81.6 cm³/mol. The lowest BCUT2D eigenvalue weighted by molar-refractivity contribution is 0.0337. The Kier molecular flexibility index (Phi) is 4.81. The maximum absolute atomic E-state index is 12.5. The van der Waals surface area contributed by atoms with Gasteiger partial charge in [-0.2, -0.15) is 0 Å². The highest BCUT2D eigenvalue weighted by Crippen LogP contribution is 2.34. The van der Waals surface area contributed by atoms with E-state index in [1.54, 1.807) is 0 Å². The molecule has 0 bridgehead atoms. The Morgan fingerprint density at radius 2 is 2.10 bits per heavy atom. The van der Waals surface area contributed by atoms with Gasteiger partial charge in [-0.15, -0.1) is 0 Å². The third kappa shape index (κ3) is 3.04. The van der Waals surface area contributed by atoms with E-state index in [4.69, 9.17) is 0 Å². The first-order chi connectivity index (χ1) is 9.51. The van der Waals surface area contributed by atoms with Gasteiger partial charge in [-0.05, 0) is 59.7 Å². The number of hydrogen-bond acceptors (Lipinski definition) is 3. The van der Waals surface area contributed by atoms with Crippen molar-refractivity contribution in [3.63, 3.8) is 0 Å². The minimum atomic E-state index is -0.000458. The summed E-state index contributed by atoms with van der Waals surface area (Å²) in [5.41, 5.74) is 1.50. The first-order valence-corrected chi connectivity index (χ1v) is 7.84. The largest absolute Gasteiger partial charge is 0.396 e. The highest BCUT2D eigenvalue weighted by Gasteiger charge is 2.34. The molecule has 20 heavy (non-hydrogen) atoms. The molecule has 5 heteroatoms. The number of likely N-dealkylation sites (tertiary alicyclic amines) is 1. The van der Waals surface area contributed by atoms with Gasteiger partial charge in [-0.3, -0.25) is 4.79 Å². The van der Waals surface area contributed by atoms with Crippen LogP contribution in [-0.2, 0) is 0 Å². The number of carbonyl (C=O) groups is 1. The van der Waals surface area contributed by atoms with Crippen molar-refractivity contribution in [2.45, 2.75) is 33.1 Å². The highest BCUT2D eigenvalue weighted by atomic mass is 79.9. The molecule has 2 rings (SSSR count). The summed E-state index contributed by atoms with van der Waals surface area (Å²) in [6, 6.07) is 3.68. The van der Waals surface area contributed by atoms with Crippen LogP contribution >= 0.6 is 15.9 Å². The van der Waals surface area contributed by atoms with E-state index < -0.39 is 0 Å². The van der Waals surface area contributed by atoms with Crippen molar-refractivity contribution in [3.8, 4) is 0 Å². The first kappa shape index (κ1) is 15.4. The number of piperidine rings is 1. The number of nitrogens with zero attached hydrogens (tertiary/aromatic N) is 2. The minimum absolute atomic E-state index is 0.000458. The summed E-state index contributed by atoms with van der Waals surface area (Å²) in [6.45, 7) is 5.62. The molecule has 0 atom stereocenters. The molecule has 110 valence electrons. The van der Waals surface area contributed by atoms with Crippen LogP contribution < -0.4 is 0 Å². The third-order valence-electron chi connectivity index (χ3n) is 4.42. The Labute approximate surface area is 128 Å². The van der Waals surface area contributed by atoms with E-state index in [1.807, 2.05) is 24.0 Å². The molecule has 1 aromatic heterocycles. The van der Waals surface area contributed by atoms with Crippen molar-refractivity contribution >= 4 is 21.8 Å². The molecular weight excluding hydrogens is 320 g/mol. The summed E-state index contributed by atoms with van der Waals surface area (Å²) in [5, 5.41) is 9.54. The van der Waals surface area contributed by atoms with E-state index in [9.17, 15) is 9.90 Å². The van der Waals surface area contributed by atoms with Crippen LogP contribution in [0.4, 0.5) is 0 Å². The smallest absolute Gasteiger partial charge is 0.256 e. The predicted octanol–water partition coefficient (Wildman–Crippen LogP) is 2.78. The minimum Gasteiger partial charge on any atom is -0.396 e. The number of carbonyl (C=O) groups excluding carboxylic acids is 1. The molecular formula is C15H21BrN2O2. The second-order valence-electron chi connectivity index (χ2n) is 5.59. The number of aliphatic hydroxyl groups is 1. The van der Waals surface area contributed by atoms with E-state index in [0.29, 0.717) is 23.3 Å². The Balaban J connectivity index is 2.09. The topological polar surface area (TPSA) is 53.4 Å². The van der Waals surface area contributed by atoms with Gasteiger partial charge in [0.25, 0.3) is 5.91 Å². The number of aryl methyl sites for hydroxylation is 1. The highest BCUT2D eigenvalue weighted by molar-refractivity contribution is 9.10. The quantitative estimate of drug-likeness (QED) is 0.860. The SMILES string of the molecule is CCC1(CO)CCN(C(=O)c2ccc(C)nc2Br)CC1. The molecule has 1 aromatic rings. The zero-order valence-electron chi connectivity index (χ0n) is 12.0. The number of hydrogen-bond donors (Lipinski definition) is 1. The fourth-order valence-electron chi connectivity index (χ4n) is 2.66. The lowest BCUT2D eigenvalue weighted by Crippen LogP contribution is -2.44. The van der Waals surface area contributed by atoms with Crippen LogP contribution in [0.15, 0.2) is 16.7 Å². The molecule has 2 heterocycles. The third-order valence-corrected chi connectivity index (χ3v) is 5.02. The van der Waals surface area contributed by atoms with Gasteiger partial charge in [0.1, 0.15) is 4.60 Å². The zero-order chi connectivity index (χ0) is 14.8. The fraction of sp³-hybridized carbons (Fsp3) is 0.600. The van der Waals surface area contributed by atoms with Crippen molar-refractivity contribution in [2.24, 2.45) is 5.41 Å². The van der Waals surface area contributed by atoms with Gasteiger partial charge < -0.3 is 10.0 Å². The van der Waals surface area contributed by atoms with Gasteiger partial charge in [0.2, 0.25) is 0 Å². The summed E-state index contributed by atoms with van der Waals surface area (Å²) in [7, 11) is 0. The normalized spacial score (nSPS) is 18.1. The first-order valence-electron chi connectivity index (χ1n) is 7.04. The maximum Gasteiger partial charge on any atom is 0.256 e. The van der Waals surface area contributed by atoms with Crippen molar-refractivity contribution in [1.29, 1.82) is 0 Å². The van der Waals surface area contributed by atoms with Crippen molar-refractivity contribution in [3.05, 3.63) is 28.0 Å². The molecule has 1 aliphatic heterocycles. The number of pyridine rings is 1. The van der Waals surface area contributed by atoms with E-state index in [2.05, 4.69) is 27.8 Å². The number of aromatic nitrogens is 1. The fourth-order valence-corrected chi connectivity index (χ4v) is 3.24. The monoisotopic (exact) mass is 340 g/mol. The van der Waals surface area contributed by atoms with Crippen molar-refractivity contribution < 1.29 is 9.90 Å². The molecule has 0 unspecified atom stereocenters. The molecule has 1 saturated heterocycles. The average Bonchev–Trinajstić information content (AvgIpc) is 2.47. The van der Waals surface area contributed by atoms with E-state index in [1.165, 1.54) is 0 Å². The van der Waals surface area contributed by atoms with Gasteiger partial charge in [0, 0.05) is 25.4 Å². The Morgan fingerprint density at radius 1 is 1.45 bits per heavy atom. The summed E-state index contributed by atoms with van der Waals surface area (Å²) < 4.78 is 0.608. The Morgan fingerprint density at radius 3 is 2.60 bits per heavy atom. The second-order valence-corrected chi connectivity index (χ2v) is 6.35. The lowest BCUT2D eigenvalue weighted by atomic mass is 9.77. The summed E-state index contributed by atoms with van der Waals surface area (Å²) >= 11 is 3.37. The molecule has 0 spiro atoms. The Hall–Kier alpha value is -0.940. The van der Waals surface area contributed by atoms with Crippen molar-refractivity contribution in [2.75, 3.05) is 19.7 Å². The number of rotatable bonds is 3. The summed E-state index contributed by atoms with van der Waals surface area (Å²) in [4.78, 5) is 18.7. The molecule has 0 aliphatic carbocycles. The van der Waals surface area contributed by atoms with Gasteiger partial charge in [0.15, 0.2) is 0 Å². The molecule has 1 N–H and O–H groups in total. The molecule has 0 radical (unpaired) electrons. The molecule has 1 aliphatic rings. The number of aliphatic hydroxyl groups excluding tert-OH is 1. The number of amides is 1. The van der Waals surface area contributed by atoms with Gasteiger partial charge in [-0.25, -0.2) is 4.98 Å². The second kappa shape index (κ2) is 6.22. The molecule has 0 saturated carbocycles. The van der Waals surface area contributed by atoms with Crippen LogP contribution in [0.1, 0.15) is 42.2 Å². The molecule has 1 amide bonds. The van der Waals surface area contributed by atoms with Crippen LogP contribution in [0, 0.1) is 12.3 Å². The van der Waals surface area contributed by atoms with E-state index in [0.717, 1.165) is 25.0 Å². The van der Waals surface area contributed by atoms with Crippen LogP contribution in [-0.4, -0.2) is 40.6 Å². The van der Waals surface area contributed by atoms with Gasteiger partial charge in [-0.1, -0.05) is 6.92 Å². The Bertz CT molecular complexity index is 491. The van der Waals surface area contributed by atoms with Crippen molar-refractivity contribution in [1.82, 2.24) is 9.88 Å².